The molecule has 0 atom stereocenters. The number of ether oxygens (including phenoxy) is 4. The number of nitrogens with one attached hydrogen (secondary N) is 2. The molecule has 0 aliphatic carbocycles. The molecule has 0 unspecified atom stereocenters. The number of carbonyl (C=O) groups excluding carboxylic acids is 3. The fourth-order valence-electron chi connectivity index (χ4n) is 3.20. The van der Waals surface area contributed by atoms with E-state index < -0.39 is 11.9 Å². The van der Waals surface area contributed by atoms with E-state index in [-0.39, 0.29) is 17.2 Å². The Morgan fingerprint density at radius 2 is 1.49 bits per heavy atom. The number of nitrogens with zero attached hydrogens (tertiary/aromatic N) is 1. The van der Waals surface area contributed by atoms with Gasteiger partial charge in [-0.1, -0.05) is 15.9 Å². The smallest absolute Gasteiger partial charge is 0.343 e. The highest BCUT2D eigenvalue weighted by Crippen LogP contribution is 2.38. The Morgan fingerprint density at radius 3 is 2.05 bits per heavy atom. The zero-order valence-corrected chi connectivity index (χ0v) is 22.0. The molecular formula is C26H24BrN3O7. The van der Waals surface area contributed by atoms with Crippen LogP contribution < -0.4 is 29.7 Å². The van der Waals surface area contributed by atoms with Gasteiger partial charge in [0.15, 0.2) is 11.5 Å². The van der Waals surface area contributed by atoms with Crippen molar-refractivity contribution in [3.8, 4) is 23.0 Å². The van der Waals surface area contributed by atoms with Crippen LogP contribution in [0.2, 0.25) is 0 Å². The number of benzene rings is 3. The summed E-state index contributed by atoms with van der Waals surface area (Å²) in [5, 5.41) is 6.61. The Labute approximate surface area is 221 Å². The van der Waals surface area contributed by atoms with Crippen LogP contribution >= 0.6 is 15.9 Å². The molecule has 0 saturated heterocycles. The molecular weight excluding hydrogens is 546 g/mol. The molecule has 0 heterocycles. The van der Waals surface area contributed by atoms with Crippen LogP contribution in [-0.2, 0) is 4.79 Å². The van der Waals surface area contributed by atoms with Crippen LogP contribution in [0, 0.1) is 0 Å². The van der Waals surface area contributed by atoms with Crippen LogP contribution in [0.4, 0.5) is 5.69 Å². The van der Waals surface area contributed by atoms with E-state index in [4.69, 9.17) is 18.9 Å². The number of hydrazone groups is 1. The van der Waals surface area contributed by atoms with Gasteiger partial charge >= 0.3 is 5.97 Å². The van der Waals surface area contributed by atoms with Crippen molar-refractivity contribution >= 4 is 45.6 Å². The quantitative estimate of drug-likeness (QED) is 0.169. The standard InChI is InChI=1S/C26H24BrN3O7/c1-15(31)29-20-8-5-16(6-9-20)25(32)30-28-14-18-11-19(27)7-10-21(18)37-26(33)17-12-22(34-2)24(36-4)23(13-17)35-3/h5-14H,1-4H3,(H,29,31)(H,30,32)/b28-14+. The van der Waals surface area contributed by atoms with Crippen LogP contribution in [0.5, 0.6) is 23.0 Å². The van der Waals surface area contributed by atoms with E-state index in [1.807, 2.05) is 0 Å². The molecule has 192 valence electrons. The molecule has 0 aliphatic rings. The average molecular weight is 570 g/mol. The predicted octanol–water partition coefficient (Wildman–Crippen LogP) is 4.42. The maximum Gasteiger partial charge on any atom is 0.343 e. The van der Waals surface area contributed by atoms with Crippen LogP contribution in [0.25, 0.3) is 0 Å². The van der Waals surface area contributed by atoms with Gasteiger partial charge < -0.3 is 24.3 Å². The number of hydrogen-bond acceptors (Lipinski definition) is 8. The molecule has 2 amide bonds. The van der Waals surface area contributed by atoms with E-state index >= 15 is 0 Å². The van der Waals surface area contributed by atoms with E-state index in [0.29, 0.717) is 38.5 Å². The van der Waals surface area contributed by atoms with Crippen molar-refractivity contribution in [2.45, 2.75) is 6.92 Å². The Bertz CT molecular complexity index is 1320. The van der Waals surface area contributed by atoms with Crippen LogP contribution in [-0.4, -0.2) is 45.3 Å². The van der Waals surface area contributed by atoms with E-state index in [1.165, 1.54) is 46.6 Å². The first-order valence-electron chi connectivity index (χ1n) is 10.8. The normalized spacial score (nSPS) is 10.5. The summed E-state index contributed by atoms with van der Waals surface area (Å²) >= 11 is 3.38. The minimum atomic E-state index is -0.667. The number of halogens is 1. The molecule has 0 saturated carbocycles. The van der Waals surface area contributed by atoms with Crippen molar-refractivity contribution in [1.82, 2.24) is 5.43 Å². The van der Waals surface area contributed by atoms with E-state index in [2.05, 4.69) is 31.8 Å². The maximum atomic E-state index is 12.9. The molecule has 0 radical (unpaired) electrons. The zero-order valence-electron chi connectivity index (χ0n) is 20.5. The predicted molar refractivity (Wildman–Crippen MR) is 141 cm³/mol. The summed E-state index contributed by atoms with van der Waals surface area (Å²) in [6.07, 6.45) is 1.35. The van der Waals surface area contributed by atoms with Crippen molar-refractivity contribution in [3.63, 3.8) is 0 Å². The molecule has 0 bridgehead atoms. The Morgan fingerprint density at radius 1 is 0.838 bits per heavy atom. The van der Waals surface area contributed by atoms with Crippen LogP contribution in [0.15, 0.2) is 64.2 Å². The van der Waals surface area contributed by atoms with Gasteiger partial charge in [-0.2, -0.15) is 5.10 Å². The van der Waals surface area contributed by atoms with Gasteiger partial charge in [-0.15, -0.1) is 0 Å². The van der Waals surface area contributed by atoms with Crippen LogP contribution in [0.1, 0.15) is 33.2 Å². The third-order valence-electron chi connectivity index (χ3n) is 4.91. The van der Waals surface area contributed by atoms with Crippen LogP contribution in [0.3, 0.4) is 0 Å². The molecule has 10 nitrogen and oxygen atoms in total. The van der Waals surface area contributed by atoms with E-state index in [1.54, 1.807) is 42.5 Å². The highest BCUT2D eigenvalue weighted by Gasteiger charge is 2.19. The summed E-state index contributed by atoms with van der Waals surface area (Å²) in [6, 6.07) is 14.2. The first-order valence-corrected chi connectivity index (χ1v) is 11.6. The van der Waals surface area contributed by atoms with Gasteiger partial charge in [-0.3, -0.25) is 9.59 Å². The second kappa shape index (κ2) is 12.5. The third kappa shape index (κ3) is 7.07. The summed E-state index contributed by atoms with van der Waals surface area (Å²) in [7, 11) is 4.36. The summed E-state index contributed by atoms with van der Waals surface area (Å²) in [5.74, 6) is -0.176. The molecule has 11 heteroatoms. The second-order valence-electron chi connectivity index (χ2n) is 7.44. The lowest BCUT2D eigenvalue weighted by atomic mass is 10.1. The van der Waals surface area contributed by atoms with Gasteiger partial charge in [0, 0.05) is 28.2 Å². The number of amides is 2. The van der Waals surface area contributed by atoms with Crippen molar-refractivity contribution in [2.24, 2.45) is 5.10 Å². The van der Waals surface area contributed by atoms with E-state index in [0.717, 1.165) is 0 Å². The largest absolute Gasteiger partial charge is 0.493 e. The molecule has 3 aromatic rings. The van der Waals surface area contributed by atoms with Crippen molar-refractivity contribution in [3.05, 3.63) is 75.8 Å². The summed E-state index contributed by atoms with van der Waals surface area (Å²) in [4.78, 5) is 36.5. The summed E-state index contributed by atoms with van der Waals surface area (Å²) < 4.78 is 22.2. The molecule has 37 heavy (non-hydrogen) atoms. The number of esters is 1. The number of anilines is 1. The lowest BCUT2D eigenvalue weighted by Crippen LogP contribution is -2.18. The molecule has 3 aromatic carbocycles. The molecule has 2 N–H and O–H groups in total. The number of carbonyl (C=O) groups is 3. The van der Waals surface area contributed by atoms with Gasteiger partial charge in [-0.25, -0.2) is 10.2 Å². The van der Waals surface area contributed by atoms with Gasteiger partial charge in [-0.05, 0) is 54.6 Å². The minimum absolute atomic E-state index is 0.177. The number of methoxy groups -OCH3 is 3. The van der Waals surface area contributed by atoms with E-state index in [9.17, 15) is 14.4 Å². The topological polar surface area (TPSA) is 125 Å². The highest BCUT2D eigenvalue weighted by atomic mass is 79.9. The SMILES string of the molecule is COc1cc(C(=O)Oc2ccc(Br)cc2/C=N/NC(=O)c2ccc(NC(C)=O)cc2)cc(OC)c1OC. The molecule has 0 aromatic heterocycles. The van der Waals surface area contributed by atoms with Crippen molar-refractivity contribution < 1.29 is 33.3 Å². The Kier molecular flexibility index (Phi) is 9.22. The van der Waals surface area contributed by atoms with Gasteiger partial charge in [0.25, 0.3) is 5.91 Å². The highest BCUT2D eigenvalue weighted by molar-refractivity contribution is 9.10. The lowest BCUT2D eigenvalue weighted by Gasteiger charge is -2.14. The minimum Gasteiger partial charge on any atom is -0.493 e. The fourth-order valence-corrected chi connectivity index (χ4v) is 3.58. The zero-order chi connectivity index (χ0) is 26.9. The molecule has 0 spiro atoms. The number of rotatable bonds is 9. The number of hydrogen-bond donors (Lipinski definition) is 2. The third-order valence-corrected chi connectivity index (χ3v) is 5.41. The van der Waals surface area contributed by atoms with Gasteiger partial charge in [0.05, 0.1) is 33.1 Å². The lowest BCUT2D eigenvalue weighted by molar-refractivity contribution is -0.114. The Balaban J connectivity index is 1.76. The Hall–Kier alpha value is -4.38. The first-order chi connectivity index (χ1) is 17.7. The van der Waals surface area contributed by atoms with Crippen molar-refractivity contribution in [1.29, 1.82) is 0 Å². The molecule has 0 aliphatic heterocycles. The van der Waals surface area contributed by atoms with Gasteiger partial charge in [0.1, 0.15) is 5.75 Å². The van der Waals surface area contributed by atoms with Crippen molar-refractivity contribution in [2.75, 3.05) is 26.6 Å². The molecule has 0 fully saturated rings. The maximum absolute atomic E-state index is 12.9. The van der Waals surface area contributed by atoms with Gasteiger partial charge in [0.2, 0.25) is 11.7 Å². The monoisotopic (exact) mass is 569 g/mol. The fraction of sp³-hybridized carbons (Fsp3) is 0.154. The average Bonchev–Trinajstić information content (AvgIpc) is 2.89. The second-order valence-corrected chi connectivity index (χ2v) is 8.36. The first kappa shape index (κ1) is 27.2. The summed E-state index contributed by atoms with van der Waals surface area (Å²) in [5.41, 5.74) is 3.94. The molecule has 3 rings (SSSR count). The summed E-state index contributed by atoms with van der Waals surface area (Å²) in [6.45, 7) is 1.40.